The molecule has 2 amide bonds. The van der Waals surface area contributed by atoms with Crippen LogP contribution in [0.5, 0.6) is 0 Å². The van der Waals surface area contributed by atoms with Gasteiger partial charge in [-0.05, 0) is 37.6 Å². The fourth-order valence-electron chi connectivity index (χ4n) is 3.10. The van der Waals surface area contributed by atoms with Gasteiger partial charge in [-0.1, -0.05) is 36.4 Å². The number of primary amides is 1. The maximum absolute atomic E-state index is 12.8. The molecule has 3 rings (SSSR count). The zero-order valence-electron chi connectivity index (χ0n) is 15.3. The molecule has 2 aromatic heterocycles. The standard InChI is InChI=1S/C21H22N4O2/c1-14-12-18(15(2)25(14)13-17-10-6-7-11-23-17)21(27)24-19(20(22)26)16-8-4-3-5-9-16/h3-12,19H,13H2,1-2H3,(H2,22,26)(H,24,27). The number of amides is 2. The third-order valence-corrected chi connectivity index (χ3v) is 4.56. The van der Waals surface area contributed by atoms with Crippen molar-refractivity contribution < 1.29 is 9.59 Å². The Bertz CT molecular complexity index is 949. The summed E-state index contributed by atoms with van der Waals surface area (Å²) in [4.78, 5) is 29.0. The molecule has 0 aliphatic heterocycles. The number of hydrogen-bond donors (Lipinski definition) is 2. The van der Waals surface area contributed by atoms with Gasteiger partial charge in [0.1, 0.15) is 6.04 Å². The predicted octanol–water partition coefficient (Wildman–Crippen LogP) is 2.50. The highest BCUT2D eigenvalue weighted by Crippen LogP contribution is 2.19. The molecule has 0 saturated carbocycles. The van der Waals surface area contributed by atoms with Gasteiger partial charge in [0.15, 0.2) is 0 Å². The third kappa shape index (κ3) is 4.06. The molecule has 3 N–H and O–H groups in total. The van der Waals surface area contributed by atoms with E-state index < -0.39 is 11.9 Å². The van der Waals surface area contributed by atoms with Gasteiger partial charge in [-0.15, -0.1) is 0 Å². The largest absolute Gasteiger partial charge is 0.368 e. The third-order valence-electron chi connectivity index (χ3n) is 4.56. The van der Waals surface area contributed by atoms with E-state index in [1.54, 1.807) is 30.5 Å². The Labute approximate surface area is 158 Å². The summed E-state index contributed by atoms with van der Waals surface area (Å²) in [5.41, 5.74) is 9.34. The van der Waals surface area contributed by atoms with Gasteiger partial charge >= 0.3 is 0 Å². The zero-order chi connectivity index (χ0) is 19.4. The van der Waals surface area contributed by atoms with Gasteiger partial charge in [-0.3, -0.25) is 14.6 Å². The van der Waals surface area contributed by atoms with Crippen LogP contribution in [0.15, 0.2) is 60.8 Å². The lowest BCUT2D eigenvalue weighted by atomic mass is 10.1. The first kappa shape index (κ1) is 18.4. The second-order valence-electron chi connectivity index (χ2n) is 6.41. The lowest BCUT2D eigenvalue weighted by Crippen LogP contribution is -2.37. The number of benzene rings is 1. The molecule has 0 bridgehead atoms. The Morgan fingerprint density at radius 3 is 2.44 bits per heavy atom. The summed E-state index contributed by atoms with van der Waals surface area (Å²) >= 11 is 0. The van der Waals surface area contributed by atoms with Gasteiger partial charge in [0, 0.05) is 17.6 Å². The first-order valence-electron chi connectivity index (χ1n) is 8.69. The summed E-state index contributed by atoms with van der Waals surface area (Å²) in [6.07, 6.45) is 1.74. The molecule has 1 atom stereocenters. The van der Waals surface area contributed by atoms with E-state index in [0.717, 1.165) is 17.1 Å². The number of hydrogen-bond acceptors (Lipinski definition) is 3. The van der Waals surface area contributed by atoms with Crippen LogP contribution in [0.25, 0.3) is 0 Å². The van der Waals surface area contributed by atoms with Crippen molar-refractivity contribution in [3.63, 3.8) is 0 Å². The van der Waals surface area contributed by atoms with Crippen LogP contribution in [0.1, 0.15) is 39.0 Å². The first-order valence-corrected chi connectivity index (χ1v) is 8.69. The van der Waals surface area contributed by atoms with E-state index >= 15 is 0 Å². The van der Waals surface area contributed by atoms with Crippen molar-refractivity contribution in [3.8, 4) is 0 Å². The second-order valence-corrected chi connectivity index (χ2v) is 6.41. The minimum absolute atomic E-state index is 0.331. The number of pyridine rings is 1. The van der Waals surface area contributed by atoms with Gasteiger partial charge in [0.25, 0.3) is 5.91 Å². The second kappa shape index (κ2) is 7.86. The summed E-state index contributed by atoms with van der Waals surface area (Å²) in [6, 6.07) is 15.7. The van der Waals surface area contributed by atoms with Crippen molar-refractivity contribution in [2.45, 2.75) is 26.4 Å². The van der Waals surface area contributed by atoms with E-state index in [9.17, 15) is 9.59 Å². The van der Waals surface area contributed by atoms with Crippen LogP contribution in [0.4, 0.5) is 0 Å². The molecule has 0 spiro atoms. The summed E-state index contributed by atoms with van der Waals surface area (Å²) in [5, 5.41) is 2.75. The highest BCUT2D eigenvalue weighted by Gasteiger charge is 2.23. The summed E-state index contributed by atoms with van der Waals surface area (Å²) in [6.45, 7) is 4.39. The minimum Gasteiger partial charge on any atom is -0.368 e. The van der Waals surface area contributed by atoms with Crippen molar-refractivity contribution >= 4 is 11.8 Å². The van der Waals surface area contributed by atoms with Crippen LogP contribution >= 0.6 is 0 Å². The molecule has 0 aliphatic carbocycles. The fraction of sp³-hybridized carbons (Fsp3) is 0.190. The smallest absolute Gasteiger partial charge is 0.254 e. The summed E-state index contributed by atoms with van der Waals surface area (Å²) in [7, 11) is 0. The summed E-state index contributed by atoms with van der Waals surface area (Å²) < 4.78 is 2.03. The van der Waals surface area contributed by atoms with Gasteiger partial charge < -0.3 is 15.6 Å². The van der Waals surface area contributed by atoms with E-state index in [2.05, 4.69) is 10.3 Å². The van der Waals surface area contributed by atoms with Crippen molar-refractivity contribution in [2.24, 2.45) is 5.73 Å². The van der Waals surface area contributed by atoms with Gasteiger partial charge in [-0.25, -0.2) is 0 Å². The SMILES string of the molecule is Cc1cc(C(=O)NC(C(N)=O)c2ccccc2)c(C)n1Cc1ccccn1. The topological polar surface area (TPSA) is 90.0 Å². The predicted molar refractivity (Wildman–Crippen MR) is 103 cm³/mol. The highest BCUT2D eigenvalue weighted by molar-refractivity contribution is 5.98. The van der Waals surface area contributed by atoms with Crippen molar-refractivity contribution in [1.29, 1.82) is 0 Å². The first-order chi connectivity index (χ1) is 13.0. The molecule has 1 unspecified atom stereocenters. The van der Waals surface area contributed by atoms with E-state index in [-0.39, 0.29) is 5.91 Å². The Kier molecular flexibility index (Phi) is 5.35. The van der Waals surface area contributed by atoms with E-state index in [4.69, 9.17) is 5.73 Å². The lowest BCUT2D eigenvalue weighted by Gasteiger charge is -2.16. The van der Waals surface area contributed by atoms with Crippen LogP contribution in [0.2, 0.25) is 0 Å². The highest BCUT2D eigenvalue weighted by atomic mass is 16.2. The van der Waals surface area contributed by atoms with Gasteiger partial charge in [0.05, 0.1) is 17.8 Å². The molecular weight excluding hydrogens is 340 g/mol. The van der Waals surface area contributed by atoms with Gasteiger partial charge in [0.2, 0.25) is 5.91 Å². The van der Waals surface area contributed by atoms with Crippen molar-refractivity contribution in [3.05, 3.63) is 89.0 Å². The number of nitrogens with zero attached hydrogens (tertiary/aromatic N) is 2. The normalized spacial score (nSPS) is 11.8. The Balaban J connectivity index is 1.84. The van der Waals surface area contributed by atoms with Crippen molar-refractivity contribution in [2.75, 3.05) is 0 Å². The van der Waals surface area contributed by atoms with Crippen LogP contribution < -0.4 is 11.1 Å². The minimum atomic E-state index is -0.877. The van der Waals surface area contributed by atoms with E-state index in [0.29, 0.717) is 17.7 Å². The molecule has 27 heavy (non-hydrogen) atoms. The molecular formula is C21H22N4O2. The molecule has 0 radical (unpaired) electrons. The number of nitrogens with two attached hydrogens (primary N) is 1. The Morgan fingerprint density at radius 1 is 1.11 bits per heavy atom. The number of nitrogens with one attached hydrogen (secondary N) is 1. The van der Waals surface area contributed by atoms with Crippen LogP contribution in [0.3, 0.4) is 0 Å². The Morgan fingerprint density at radius 2 is 1.81 bits per heavy atom. The average molecular weight is 362 g/mol. The molecule has 6 heteroatoms. The zero-order valence-corrected chi connectivity index (χ0v) is 15.3. The number of rotatable bonds is 6. The fourth-order valence-corrected chi connectivity index (χ4v) is 3.10. The Hall–Kier alpha value is -3.41. The number of carbonyl (C=O) groups is 2. The molecule has 2 heterocycles. The monoisotopic (exact) mass is 362 g/mol. The molecule has 0 aliphatic rings. The van der Waals surface area contributed by atoms with Gasteiger partial charge in [-0.2, -0.15) is 0 Å². The average Bonchev–Trinajstić information content (AvgIpc) is 2.95. The molecule has 138 valence electrons. The van der Waals surface area contributed by atoms with Crippen LogP contribution in [0, 0.1) is 13.8 Å². The molecule has 3 aromatic rings. The number of aromatic nitrogens is 2. The quantitative estimate of drug-likeness (QED) is 0.706. The molecule has 0 saturated heterocycles. The van der Waals surface area contributed by atoms with E-state index in [1.807, 2.05) is 48.7 Å². The van der Waals surface area contributed by atoms with Crippen LogP contribution in [-0.4, -0.2) is 21.4 Å². The summed E-state index contributed by atoms with van der Waals surface area (Å²) in [5.74, 6) is -0.931. The lowest BCUT2D eigenvalue weighted by molar-refractivity contribution is -0.120. The van der Waals surface area contributed by atoms with Crippen LogP contribution in [-0.2, 0) is 11.3 Å². The maximum Gasteiger partial charge on any atom is 0.254 e. The maximum atomic E-state index is 12.8. The number of carbonyl (C=O) groups excluding carboxylic acids is 2. The van der Waals surface area contributed by atoms with E-state index in [1.165, 1.54) is 0 Å². The molecule has 0 fully saturated rings. The molecule has 1 aromatic carbocycles. The molecule has 6 nitrogen and oxygen atoms in total. The number of aryl methyl sites for hydroxylation is 1. The van der Waals surface area contributed by atoms with Crippen molar-refractivity contribution in [1.82, 2.24) is 14.9 Å².